The first-order chi connectivity index (χ1) is 17.0. The number of morpholine rings is 1. The van der Waals surface area contributed by atoms with Gasteiger partial charge in [0.15, 0.2) is 0 Å². The van der Waals surface area contributed by atoms with Crippen LogP contribution in [0.4, 0.5) is 0 Å². The number of amides is 2. The van der Waals surface area contributed by atoms with Crippen molar-refractivity contribution >= 4 is 33.4 Å². The fourth-order valence-corrected chi connectivity index (χ4v) is 7.53. The fourth-order valence-electron chi connectivity index (χ4n) is 6.27. The van der Waals surface area contributed by atoms with Crippen LogP contribution in [0.15, 0.2) is 12.3 Å². The van der Waals surface area contributed by atoms with Crippen LogP contribution >= 0.6 is 11.3 Å². The number of rotatable bonds is 8. The van der Waals surface area contributed by atoms with Crippen LogP contribution in [0, 0.1) is 0 Å². The Kier molecular flexibility index (Phi) is 7.27. The second kappa shape index (κ2) is 10.4. The molecule has 35 heavy (non-hydrogen) atoms. The molecule has 0 radical (unpaired) electrons. The Hall–Kier alpha value is -2.23. The number of pyridine rings is 1. The van der Waals surface area contributed by atoms with Crippen LogP contribution in [0.1, 0.15) is 68.2 Å². The Morgan fingerprint density at radius 3 is 2.77 bits per heavy atom. The van der Waals surface area contributed by atoms with Gasteiger partial charge >= 0.3 is 0 Å². The van der Waals surface area contributed by atoms with E-state index in [1.807, 2.05) is 12.3 Å². The van der Waals surface area contributed by atoms with Crippen LogP contribution in [0.25, 0.3) is 10.2 Å². The molecule has 2 aliphatic carbocycles. The van der Waals surface area contributed by atoms with Gasteiger partial charge in [0, 0.05) is 36.1 Å². The summed E-state index contributed by atoms with van der Waals surface area (Å²) >= 11 is 1.72. The van der Waals surface area contributed by atoms with Crippen LogP contribution in [0.5, 0.6) is 5.75 Å². The minimum absolute atomic E-state index is 0.110. The molecule has 0 spiro atoms. The van der Waals surface area contributed by atoms with E-state index in [9.17, 15) is 9.59 Å². The van der Waals surface area contributed by atoms with Crippen molar-refractivity contribution in [2.75, 3.05) is 32.8 Å². The van der Waals surface area contributed by atoms with E-state index in [0.29, 0.717) is 6.42 Å². The van der Waals surface area contributed by atoms with Crippen LogP contribution in [0.3, 0.4) is 0 Å². The third kappa shape index (κ3) is 5.04. The Morgan fingerprint density at radius 2 is 2.06 bits per heavy atom. The van der Waals surface area contributed by atoms with Crippen molar-refractivity contribution < 1.29 is 19.1 Å². The van der Waals surface area contributed by atoms with E-state index in [0.717, 1.165) is 87.2 Å². The van der Waals surface area contributed by atoms with Gasteiger partial charge in [-0.05, 0) is 62.5 Å². The normalized spacial score (nSPS) is 27.0. The summed E-state index contributed by atoms with van der Waals surface area (Å²) < 4.78 is 12.3. The lowest BCUT2D eigenvalue weighted by Crippen LogP contribution is -2.55. The highest BCUT2D eigenvalue weighted by molar-refractivity contribution is 7.19. The van der Waals surface area contributed by atoms with Gasteiger partial charge in [0.2, 0.25) is 11.8 Å². The summed E-state index contributed by atoms with van der Waals surface area (Å²) in [6, 6.07) is 1.99. The molecule has 3 aliphatic rings. The summed E-state index contributed by atoms with van der Waals surface area (Å²) in [6.07, 6.45) is 9.79. The summed E-state index contributed by atoms with van der Waals surface area (Å²) in [4.78, 5) is 33.0. The molecular formula is C26H36N4O4S. The van der Waals surface area contributed by atoms with Gasteiger partial charge in [-0.25, -0.2) is 4.98 Å². The molecule has 3 N–H and O–H groups in total. The quantitative estimate of drug-likeness (QED) is 0.577. The molecule has 1 aliphatic heterocycles. The number of aromatic nitrogens is 1. The molecule has 8 nitrogen and oxygen atoms in total. The van der Waals surface area contributed by atoms with E-state index in [4.69, 9.17) is 15.2 Å². The number of carbonyl (C=O) groups excluding carboxylic acids is 2. The molecule has 2 fully saturated rings. The average molecular weight is 501 g/mol. The van der Waals surface area contributed by atoms with Gasteiger partial charge < -0.3 is 20.5 Å². The number of hydrogen-bond acceptors (Lipinski definition) is 7. The number of carbonyl (C=O) groups is 2. The number of primary amides is 1. The molecule has 3 heterocycles. The minimum atomic E-state index is -0.528. The third-order valence-corrected chi connectivity index (χ3v) is 9.36. The maximum absolute atomic E-state index is 12.4. The molecule has 0 bridgehead atoms. The zero-order valence-corrected chi connectivity index (χ0v) is 21.3. The summed E-state index contributed by atoms with van der Waals surface area (Å²) in [5, 5.41) is 3.71. The number of aryl methyl sites for hydroxylation is 1. The molecule has 190 valence electrons. The molecular weight excluding hydrogens is 464 g/mol. The van der Waals surface area contributed by atoms with Crippen molar-refractivity contribution in [2.24, 2.45) is 5.73 Å². The number of fused-ring (bicyclic) bond motifs is 3. The summed E-state index contributed by atoms with van der Waals surface area (Å²) in [6.45, 7) is 5.92. The fraction of sp³-hybridized carbons (Fsp3) is 0.654. The standard InChI is InChI=1S/C26H36N4O4S/c1-2-26(30-11-13-33-14-12-30)8-5-18(6-9-26)34-19-7-10-28-25-24(19)23-17(3-4-20(23)35-25)15-22(32)29-16-21(27)31/h7,10,17-18H,2-6,8-9,11-16H2,1H3,(H2,27,31)(H,29,32)/t17-,18-,26-/m1/s1. The number of nitrogens with zero attached hydrogens (tertiary/aromatic N) is 2. The molecule has 0 unspecified atom stereocenters. The zero-order chi connectivity index (χ0) is 24.4. The molecule has 2 aromatic heterocycles. The average Bonchev–Trinajstić information content (AvgIpc) is 3.44. The van der Waals surface area contributed by atoms with Crippen molar-refractivity contribution in [2.45, 2.75) is 75.9 Å². The number of ether oxygens (including phenoxy) is 2. The molecule has 2 aromatic rings. The second-order valence-corrected chi connectivity index (χ2v) is 11.2. The van der Waals surface area contributed by atoms with Crippen LogP contribution in [-0.2, 0) is 20.7 Å². The first kappa shape index (κ1) is 24.5. The SMILES string of the molecule is CC[C@]1(N2CCOCC2)CC[C@H](Oc2ccnc3sc4c(c23)[C@@H](CC(=O)NCC(N)=O)CC4)CC1. The third-order valence-electron chi connectivity index (χ3n) is 8.18. The second-order valence-electron chi connectivity index (χ2n) is 10.1. The Morgan fingerprint density at radius 1 is 1.29 bits per heavy atom. The predicted molar refractivity (Wildman–Crippen MR) is 136 cm³/mol. The summed E-state index contributed by atoms with van der Waals surface area (Å²) in [5.74, 6) is 0.342. The topological polar surface area (TPSA) is 107 Å². The van der Waals surface area contributed by atoms with Crippen molar-refractivity contribution in [3.05, 3.63) is 22.7 Å². The van der Waals surface area contributed by atoms with Crippen LogP contribution in [0.2, 0.25) is 0 Å². The van der Waals surface area contributed by atoms with Crippen molar-refractivity contribution in [3.8, 4) is 5.75 Å². The van der Waals surface area contributed by atoms with E-state index in [2.05, 4.69) is 22.1 Å². The van der Waals surface area contributed by atoms with E-state index in [-0.39, 0.29) is 30.0 Å². The van der Waals surface area contributed by atoms with Crippen molar-refractivity contribution in [1.29, 1.82) is 0 Å². The van der Waals surface area contributed by atoms with Crippen LogP contribution < -0.4 is 15.8 Å². The number of nitrogens with one attached hydrogen (secondary N) is 1. The Bertz CT molecular complexity index is 1070. The highest BCUT2D eigenvalue weighted by Gasteiger charge is 2.40. The van der Waals surface area contributed by atoms with Gasteiger partial charge in [0.1, 0.15) is 10.6 Å². The largest absolute Gasteiger partial charge is 0.490 e. The Balaban J connectivity index is 1.30. The lowest BCUT2D eigenvalue weighted by atomic mass is 9.77. The molecule has 9 heteroatoms. The van der Waals surface area contributed by atoms with Crippen LogP contribution in [-0.4, -0.2) is 66.2 Å². The lowest BCUT2D eigenvalue weighted by Gasteiger charge is -2.49. The minimum Gasteiger partial charge on any atom is -0.490 e. The molecule has 2 amide bonds. The van der Waals surface area contributed by atoms with Gasteiger partial charge in [-0.1, -0.05) is 6.92 Å². The van der Waals surface area contributed by atoms with E-state index < -0.39 is 5.91 Å². The van der Waals surface area contributed by atoms with E-state index >= 15 is 0 Å². The summed E-state index contributed by atoms with van der Waals surface area (Å²) in [5.41, 5.74) is 6.66. The molecule has 1 saturated heterocycles. The van der Waals surface area contributed by atoms with Crippen molar-refractivity contribution in [3.63, 3.8) is 0 Å². The van der Waals surface area contributed by atoms with Crippen molar-refractivity contribution in [1.82, 2.24) is 15.2 Å². The monoisotopic (exact) mass is 500 g/mol. The smallest absolute Gasteiger partial charge is 0.236 e. The van der Waals surface area contributed by atoms with Gasteiger partial charge in [-0.3, -0.25) is 14.5 Å². The van der Waals surface area contributed by atoms with Gasteiger partial charge in [0.25, 0.3) is 0 Å². The van der Waals surface area contributed by atoms with Gasteiger partial charge in [-0.15, -0.1) is 11.3 Å². The molecule has 5 rings (SSSR count). The first-order valence-corrected chi connectivity index (χ1v) is 13.8. The van der Waals surface area contributed by atoms with Gasteiger partial charge in [-0.2, -0.15) is 0 Å². The maximum atomic E-state index is 12.4. The first-order valence-electron chi connectivity index (χ1n) is 12.9. The Labute approximate surface area is 210 Å². The van der Waals surface area contributed by atoms with E-state index in [1.54, 1.807) is 11.3 Å². The predicted octanol–water partition coefficient (Wildman–Crippen LogP) is 3.12. The molecule has 1 saturated carbocycles. The molecule has 0 aromatic carbocycles. The lowest BCUT2D eigenvalue weighted by molar-refractivity contribution is -0.125. The maximum Gasteiger partial charge on any atom is 0.236 e. The zero-order valence-electron chi connectivity index (χ0n) is 20.5. The highest BCUT2D eigenvalue weighted by atomic mass is 32.1. The number of hydrogen-bond donors (Lipinski definition) is 2. The number of thiophene rings is 1. The summed E-state index contributed by atoms with van der Waals surface area (Å²) in [7, 11) is 0. The van der Waals surface area contributed by atoms with E-state index in [1.165, 1.54) is 10.4 Å². The molecule has 1 atom stereocenters. The number of nitrogens with two attached hydrogens (primary N) is 1. The van der Waals surface area contributed by atoms with Gasteiger partial charge in [0.05, 0.1) is 31.2 Å². The highest BCUT2D eigenvalue weighted by Crippen LogP contribution is 2.48.